The highest BCUT2D eigenvalue weighted by molar-refractivity contribution is 5.91. The van der Waals surface area contributed by atoms with Crippen LogP contribution in [0, 0.1) is 11.5 Å². The molecule has 2 fully saturated rings. The molecule has 6 heteroatoms. The molecule has 1 aliphatic carbocycles. The molecule has 0 aromatic heterocycles. The Bertz CT molecular complexity index is 861. The Morgan fingerprint density at radius 1 is 0.933 bits per heavy atom. The fraction of sp³-hybridized carbons (Fsp3) is 0.417. The summed E-state index contributed by atoms with van der Waals surface area (Å²) in [4.78, 5) is 8.90. The summed E-state index contributed by atoms with van der Waals surface area (Å²) in [5.41, 5.74) is 2.07. The zero-order valence-electron chi connectivity index (χ0n) is 17.3. The average Bonchev–Trinajstić information content (AvgIpc) is 2.81. The molecule has 30 heavy (non-hydrogen) atoms. The van der Waals surface area contributed by atoms with E-state index < -0.39 is 0 Å². The van der Waals surface area contributed by atoms with Gasteiger partial charge >= 0.3 is 6.02 Å². The van der Waals surface area contributed by atoms with Crippen molar-refractivity contribution in [3.63, 3.8) is 0 Å². The zero-order chi connectivity index (χ0) is 20.6. The van der Waals surface area contributed by atoms with E-state index in [9.17, 15) is 0 Å². The van der Waals surface area contributed by atoms with E-state index in [1.165, 1.54) is 37.8 Å². The molecule has 0 atom stereocenters. The Balaban J connectivity index is 1.32. The van der Waals surface area contributed by atoms with Crippen LogP contribution >= 0.6 is 0 Å². The van der Waals surface area contributed by atoms with Crippen LogP contribution in [0.2, 0.25) is 0 Å². The van der Waals surface area contributed by atoms with E-state index in [2.05, 4.69) is 32.2 Å². The van der Waals surface area contributed by atoms with Gasteiger partial charge in [0.25, 0.3) is 0 Å². The minimum atomic E-state index is 0.164. The summed E-state index contributed by atoms with van der Waals surface area (Å²) in [6, 6.07) is 18.5. The number of aliphatic imine (C=N–C) groups is 1. The van der Waals surface area contributed by atoms with Crippen LogP contribution in [0.25, 0.3) is 0 Å². The van der Waals surface area contributed by atoms with Crippen molar-refractivity contribution in [2.75, 3.05) is 36.4 Å². The van der Waals surface area contributed by atoms with E-state index in [1.54, 1.807) is 6.19 Å². The number of hydrogen-bond donors (Lipinski definition) is 1. The molecule has 0 unspecified atom stereocenters. The van der Waals surface area contributed by atoms with Crippen molar-refractivity contribution in [3.05, 3.63) is 54.6 Å². The molecular formula is C24H29N5O. The van der Waals surface area contributed by atoms with E-state index >= 15 is 0 Å². The molecule has 1 aliphatic heterocycles. The SMILES string of the molecule is N#C/N=C(/Nc1ccc(N2CCN(C3CCCCC3)CC2)cc1)Oc1ccccc1. The Morgan fingerprint density at radius 2 is 1.63 bits per heavy atom. The van der Waals surface area contributed by atoms with E-state index in [1.807, 2.05) is 42.5 Å². The number of nitrogens with one attached hydrogen (secondary N) is 1. The van der Waals surface area contributed by atoms with Crippen LogP contribution in [0.4, 0.5) is 11.4 Å². The third-order valence-electron chi connectivity index (χ3n) is 6.00. The molecule has 0 amide bonds. The second-order valence-electron chi connectivity index (χ2n) is 7.92. The maximum Gasteiger partial charge on any atom is 0.310 e. The lowest BCUT2D eigenvalue weighted by molar-refractivity contribution is 0.148. The van der Waals surface area contributed by atoms with Gasteiger partial charge in [0.1, 0.15) is 5.75 Å². The van der Waals surface area contributed by atoms with E-state index in [4.69, 9.17) is 10.00 Å². The molecule has 0 spiro atoms. The molecule has 0 radical (unpaired) electrons. The third kappa shape index (κ3) is 5.31. The highest BCUT2D eigenvalue weighted by atomic mass is 16.5. The summed E-state index contributed by atoms with van der Waals surface area (Å²) in [6.45, 7) is 4.44. The number of amidine groups is 1. The van der Waals surface area contributed by atoms with Gasteiger partial charge in [0, 0.05) is 43.6 Å². The Hall–Kier alpha value is -3.04. The normalized spacial score (nSPS) is 18.6. The lowest BCUT2D eigenvalue weighted by atomic mass is 9.94. The number of anilines is 2. The number of piperazine rings is 1. The van der Waals surface area contributed by atoms with Gasteiger partial charge in [-0.1, -0.05) is 37.5 Å². The first kappa shape index (κ1) is 20.2. The number of nitriles is 1. The molecular weight excluding hydrogens is 374 g/mol. The number of para-hydroxylation sites is 1. The molecule has 0 bridgehead atoms. The molecule has 2 aromatic carbocycles. The minimum Gasteiger partial charge on any atom is -0.425 e. The predicted octanol–water partition coefficient (Wildman–Crippen LogP) is 4.47. The fourth-order valence-electron chi connectivity index (χ4n) is 4.39. The first-order chi connectivity index (χ1) is 14.8. The van der Waals surface area contributed by atoms with Crippen LogP contribution in [0.1, 0.15) is 32.1 Å². The van der Waals surface area contributed by atoms with Gasteiger partial charge in [0.2, 0.25) is 6.19 Å². The van der Waals surface area contributed by atoms with Gasteiger partial charge in [0.15, 0.2) is 0 Å². The standard InChI is InChI=1S/C24H29N5O/c25-19-26-24(30-23-9-5-2-6-10-23)27-20-11-13-22(14-12-20)29-17-15-28(16-18-29)21-7-3-1-4-8-21/h2,5-6,9-14,21H,1,3-4,7-8,15-18H2,(H,26,27). The topological polar surface area (TPSA) is 63.9 Å². The van der Waals surface area contributed by atoms with Crippen LogP contribution in [0.15, 0.2) is 59.6 Å². The van der Waals surface area contributed by atoms with Crippen molar-refractivity contribution in [2.45, 2.75) is 38.1 Å². The van der Waals surface area contributed by atoms with E-state index in [-0.39, 0.29) is 6.02 Å². The number of rotatable bonds is 4. The second kappa shape index (κ2) is 10.1. The van der Waals surface area contributed by atoms with Gasteiger partial charge in [0.05, 0.1) is 0 Å². The van der Waals surface area contributed by atoms with Crippen LogP contribution in [-0.4, -0.2) is 43.1 Å². The van der Waals surface area contributed by atoms with Gasteiger partial charge in [-0.05, 0) is 49.2 Å². The summed E-state index contributed by atoms with van der Waals surface area (Å²) in [5, 5.41) is 12.0. The molecule has 2 aromatic rings. The Morgan fingerprint density at radius 3 is 2.30 bits per heavy atom. The summed E-state index contributed by atoms with van der Waals surface area (Å²) >= 11 is 0. The van der Waals surface area contributed by atoms with Crippen molar-refractivity contribution >= 4 is 17.4 Å². The first-order valence-electron chi connectivity index (χ1n) is 10.9. The van der Waals surface area contributed by atoms with E-state index in [0.29, 0.717) is 5.75 Å². The second-order valence-corrected chi connectivity index (χ2v) is 7.92. The molecule has 4 rings (SSSR count). The smallest absolute Gasteiger partial charge is 0.310 e. The Kier molecular flexibility index (Phi) is 6.83. The van der Waals surface area contributed by atoms with Gasteiger partial charge < -0.3 is 15.0 Å². The maximum atomic E-state index is 8.95. The highest BCUT2D eigenvalue weighted by Gasteiger charge is 2.25. The van der Waals surface area contributed by atoms with Crippen molar-refractivity contribution in [1.29, 1.82) is 5.26 Å². The van der Waals surface area contributed by atoms with Crippen molar-refractivity contribution < 1.29 is 4.74 Å². The van der Waals surface area contributed by atoms with Crippen molar-refractivity contribution in [3.8, 4) is 11.9 Å². The molecule has 156 valence electrons. The summed E-state index contributed by atoms with van der Waals surface area (Å²) in [6.07, 6.45) is 8.73. The summed E-state index contributed by atoms with van der Waals surface area (Å²) < 4.78 is 5.68. The zero-order valence-corrected chi connectivity index (χ0v) is 17.3. The highest BCUT2D eigenvalue weighted by Crippen LogP contribution is 2.25. The fourth-order valence-corrected chi connectivity index (χ4v) is 4.39. The van der Waals surface area contributed by atoms with Crippen LogP contribution < -0.4 is 15.0 Å². The third-order valence-corrected chi connectivity index (χ3v) is 6.00. The molecule has 1 heterocycles. The van der Waals surface area contributed by atoms with Crippen LogP contribution in [-0.2, 0) is 0 Å². The molecule has 1 saturated heterocycles. The summed E-state index contributed by atoms with van der Waals surface area (Å²) in [7, 11) is 0. The average molecular weight is 404 g/mol. The number of ether oxygens (including phenoxy) is 1. The van der Waals surface area contributed by atoms with Gasteiger partial charge in [-0.25, -0.2) is 0 Å². The lowest BCUT2D eigenvalue weighted by Crippen LogP contribution is -2.50. The quantitative estimate of drug-likeness (QED) is 0.464. The molecule has 2 aliphatic rings. The van der Waals surface area contributed by atoms with Crippen molar-refractivity contribution in [1.82, 2.24) is 4.90 Å². The molecule has 1 N–H and O–H groups in total. The molecule has 6 nitrogen and oxygen atoms in total. The Labute approximate surface area is 178 Å². The number of nitrogens with zero attached hydrogens (tertiary/aromatic N) is 4. The van der Waals surface area contributed by atoms with Gasteiger partial charge in [-0.3, -0.25) is 4.90 Å². The first-order valence-corrected chi connectivity index (χ1v) is 10.9. The summed E-state index contributed by atoms with van der Waals surface area (Å²) in [5.74, 6) is 0.631. The van der Waals surface area contributed by atoms with Crippen LogP contribution in [0.3, 0.4) is 0 Å². The van der Waals surface area contributed by atoms with Gasteiger partial charge in [-0.15, -0.1) is 4.99 Å². The van der Waals surface area contributed by atoms with Crippen LogP contribution in [0.5, 0.6) is 5.75 Å². The maximum absolute atomic E-state index is 8.95. The monoisotopic (exact) mass is 403 g/mol. The largest absolute Gasteiger partial charge is 0.425 e. The van der Waals surface area contributed by atoms with E-state index in [0.717, 1.165) is 37.9 Å². The minimum absolute atomic E-state index is 0.164. The number of benzene rings is 2. The molecule has 1 saturated carbocycles. The predicted molar refractivity (Wildman–Crippen MR) is 121 cm³/mol. The number of hydrogen-bond acceptors (Lipinski definition) is 5. The van der Waals surface area contributed by atoms with Crippen molar-refractivity contribution in [2.24, 2.45) is 4.99 Å². The lowest BCUT2D eigenvalue weighted by Gasteiger charge is -2.41. The van der Waals surface area contributed by atoms with Gasteiger partial charge in [-0.2, -0.15) is 5.26 Å².